The fraction of sp³-hybridized carbons (Fsp3) is 0.481. The Kier molecular flexibility index (Phi) is 14.8. The maximum absolute atomic E-state index is 4.86. The van der Waals surface area contributed by atoms with E-state index in [-0.39, 0.29) is 16.8 Å². The van der Waals surface area contributed by atoms with Crippen molar-refractivity contribution < 1.29 is 16.8 Å². The fourth-order valence-corrected chi connectivity index (χ4v) is 11.7. The zero-order valence-electron chi connectivity index (χ0n) is 22.9. The number of para-hydroxylation sites is 1. The summed E-state index contributed by atoms with van der Waals surface area (Å²) in [6, 6.07) is 12.3. The van der Waals surface area contributed by atoms with Gasteiger partial charge in [-0.05, 0) is 31.9 Å². The second kappa shape index (κ2) is 15.5. The van der Waals surface area contributed by atoms with E-state index in [1.807, 2.05) is 38.1 Å². The van der Waals surface area contributed by atoms with Crippen molar-refractivity contribution in [2.75, 3.05) is 0 Å². The third-order valence-corrected chi connectivity index (χ3v) is 9.92. The molecule has 0 saturated carbocycles. The predicted molar refractivity (Wildman–Crippen MR) is 153 cm³/mol. The zero-order chi connectivity index (χ0) is 25.1. The SMILES string of the molecule is CCc1cccc(CC)c1[N-]/C(C)=C\C(C)=NCc1ccccn1.C[Si](C)(C)[N-][Si](C)(C)C.[Co+2]. The van der Waals surface area contributed by atoms with Crippen LogP contribution in [-0.2, 0) is 36.2 Å². The van der Waals surface area contributed by atoms with Gasteiger partial charge in [0.15, 0.2) is 0 Å². The average Bonchev–Trinajstić information content (AvgIpc) is 2.71. The molecule has 1 aromatic carbocycles. The molecule has 0 N–H and O–H groups in total. The Hall–Kier alpha value is -1.52. The molecular weight excluding hydrogens is 495 g/mol. The Balaban J connectivity index is 0.000000931. The van der Waals surface area contributed by atoms with Gasteiger partial charge in [0, 0.05) is 11.9 Å². The molecule has 0 saturated heterocycles. The third-order valence-electron chi connectivity index (χ3n) is 4.56. The normalized spacial score (nSPS) is 12.4. The largest absolute Gasteiger partial charge is 2.00 e. The van der Waals surface area contributed by atoms with E-state index < -0.39 is 16.5 Å². The van der Waals surface area contributed by atoms with Gasteiger partial charge in [-0.15, -0.1) is 5.69 Å². The Morgan fingerprint density at radius 1 is 0.882 bits per heavy atom. The van der Waals surface area contributed by atoms with E-state index in [0.29, 0.717) is 6.54 Å². The van der Waals surface area contributed by atoms with Crippen molar-refractivity contribution >= 4 is 27.9 Å². The molecule has 1 heterocycles. The van der Waals surface area contributed by atoms with Crippen molar-refractivity contribution in [2.45, 2.75) is 86.4 Å². The van der Waals surface area contributed by atoms with Crippen molar-refractivity contribution in [3.63, 3.8) is 0 Å². The van der Waals surface area contributed by atoms with Crippen LogP contribution in [0.4, 0.5) is 5.69 Å². The van der Waals surface area contributed by atoms with Crippen molar-refractivity contribution in [1.82, 2.24) is 4.98 Å². The molecule has 1 aromatic heterocycles. The van der Waals surface area contributed by atoms with E-state index >= 15 is 0 Å². The maximum Gasteiger partial charge on any atom is 2.00 e. The van der Waals surface area contributed by atoms with E-state index in [9.17, 15) is 0 Å². The first kappa shape index (κ1) is 32.5. The molecule has 2 rings (SSSR count). The van der Waals surface area contributed by atoms with Crippen LogP contribution in [0, 0.1) is 0 Å². The van der Waals surface area contributed by atoms with Crippen LogP contribution in [0.2, 0.25) is 39.3 Å². The summed E-state index contributed by atoms with van der Waals surface area (Å²) in [6.45, 7) is 22.8. The summed E-state index contributed by atoms with van der Waals surface area (Å²) in [5.74, 6) is 0. The van der Waals surface area contributed by atoms with Gasteiger partial charge in [-0.3, -0.25) is 9.98 Å². The van der Waals surface area contributed by atoms with Gasteiger partial charge in [-0.1, -0.05) is 118 Å². The van der Waals surface area contributed by atoms with E-state index in [2.05, 4.69) is 81.3 Å². The maximum atomic E-state index is 4.86. The van der Waals surface area contributed by atoms with E-state index in [1.165, 1.54) is 11.1 Å². The van der Waals surface area contributed by atoms with E-state index in [4.69, 9.17) is 9.96 Å². The number of benzene rings is 1. The molecule has 0 amide bonds. The molecule has 0 aliphatic heterocycles. The first-order chi connectivity index (χ1) is 15.3. The molecule has 34 heavy (non-hydrogen) atoms. The minimum Gasteiger partial charge on any atom is -0.668 e. The van der Waals surface area contributed by atoms with E-state index in [0.717, 1.165) is 35.6 Å². The van der Waals surface area contributed by atoms with Crippen LogP contribution in [0.25, 0.3) is 9.96 Å². The third kappa shape index (κ3) is 14.0. The van der Waals surface area contributed by atoms with Crippen LogP contribution in [0.15, 0.2) is 59.4 Å². The summed E-state index contributed by atoms with van der Waals surface area (Å²) in [5.41, 5.74) is 6.63. The quantitative estimate of drug-likeness (QED) is 0.232. The van der Waals surface area contributed by atoms with Crippen LogP contribution in [-0.4, -0.2) is 27.2 Å². The molecule has 189 valence electrons. The van der Waals surface area contributed by atoms with Crippen LogP contribution in [0.5, 0.6) is 0 Å². The zero-order valence-corrected chi connectivity index (χ0v) is 25.9. The topological polar surface area (TPSA) is 53.5 Å². The number of aliphatic imine (C=N–C) groups is 1. The molecule has 0 aliphatic carbocycles. The molecular formula is C27H44CoN4Si2. The van der Waals surface area contributed by atoms with Gasteiger partial charge in [0.1, 0.15) is 0 Å². The first-order valence-corrected chi connectivity index (χ1v) is 18.9. The molecule has 0 fully saturated rings. The van der Waals surface area contributed by atoms with Gasteiger partial charge in [-0.2, -0.15) is 5.70 Å². The number of rotatable bonds is 9. The number of hydrogen-bond donors (Lipinski definition) is 0. The number of aryl methyl sites for hydroxylation is 2. The van der Waals surface area contributed by atoms with Gasteiger partial charge in [0.05, 0.1) is 12.2 Å². The monoisotopic (exact) mass is 539 g/mol. The number of pyridine rings is 1. The molecule has 7 heteroatoms. The second-order valence-electron chi connectivity index (χ2n) is 10.3. The minimum atomic E-state index is -1.11. The number of allylic oxidation sites excluding steroid dienone is 2. The van der Waals surface area contributed by atoms with Crippen molar-refractivity contribution in [2.24, 2.45) is 4.99 Å². The second-order valence-corrected chi connectivity index (χ2v) is 19.8. The van der Waals surface area contributed by atoms with Gasteiger partial charge >= 0.3 is 16.8 Å². The van der Waals surface area contributed by atoms with Crippen molar-refractivity contribution in [3.05, 3.63) is 81.2 Å². The Morgan fingerprint density at radius 3 is 1.85 bits per heavy atom. The molecule has 0 atom stereocenters. The smallest absolute Gasteiger partial charge is 0.668 e. The van der Waals surface area contributed by atoms with Gasteiger partial charge in [0.25, 0.3) is 0 Å². The fourth-order valence-electron chi connectivity index (χ4n) is 3.62. The molecule has 4 nitrogen and oxygen atoms in total. The van der Waals surface area contributed by atoms with Gasteiger partial charge < -0.3 is 9.96 Å². The summed E-state index contributed by atoms with van der Waals surface area (Å²) in [7, 11) is -2.21. The molecule has 1 radical (unpaired) electrons. The summed E-state index contributed by atoms with van der Waals surface area (Å²) < 4.78 is 4.82. The van der Waals surface area contributed by atoms with Crippen LogP contribution in [0.3, 0.4) is 0 Å². The van der Waals surface area contributed by atoms with Crippen LogP contribution < -0.4 is 0 Å². The van der Waals surface area contributed by atoms with Crippen LogP contribution >= 0.6 is 0 Å². The minimum absolute atomic E-state index is 0. The van der Waals surface area contributed by atoms with Gasteiger partial charge in [-0.25, -0.2) is 0 Å². The van der Waals surface area contributed by atoms with Crippen molar-refractivity contribution in [1.29, 1.82) is 0 Å². The number of nitrogens with zero attached hydrogens (tertiary/aromatic N) is 4. The number of hydrogen-bond acceptors (Lipinski definition) is 2. The Morgan fingerprint density at radius 2 is 1.44 bits per heavy atom. The Labute approximate surface area is 221 Å². The molecule has 2 aromatic rings. The summed E-state index contributed by atoms with van der Waals surface area (Å²) in [6.07, 6.45) is 5.82. The number of aromatic nitrogens is 1. The van der Waals surface area contributed by atoms with Crippen molar-refractivity contribution in [3.8, 4) is 0 Å². The standard InChI is InChI=1S/C21H26N3.C6H18NSi2.Co/c1-5-18-10-9-11-19(6-2)21(18)24-17(4)14-16(3)23-15-20-12-7-8-13-22-20;1-8(2,3)7-9(4,5)6;/h7-14H,5-6,15H2,1-4H3;1-6H3;/q2*-1;+2/b17-14-,23-16?;;. The predicted octanol–water partition coefficient (Wildman–Crippen LogP) is 8.80. The summed E-state index contributed by atoms with van der Waals surface area (Å²) in [5, 5.41) is 4.86. The first-order valence-electron chi connectivity index (χ1n) is 12.0. The molecule has 0 aliphatic rings. The van der Waals surface area contributed by atoms with E-state index in [1.54, 1.807) is 6.20 Å². The summed E-state index contributed by atoms with van der Waals surface area (Å²) >= 11 is 0. The molecule has 0 spiro atoms. The average molecular weight is 540 g/mol. The summed E-state index contributed by atoms with van der Waals surface area (Å²) in [4.78, 5) is 8.87. The molecule has 0 unspecified atom stereocenters. The van der Waals surface area contributed by atoms with Gasteiger partial charge in [0.2, 0.25) is 0 Å². The Bertz CT molecular complexity index is 880. The molecule has 0 bridgehead atoms. The van der Waals surface area contributed by atoms with Crippen LogP contribution in [0.1, 0.15) is 44.5 Å².